The Balaban J connectivity index is 1.77. The molecule has 2 fully saturated rings. The molecule has 0 bridgehead atoms. The molecule has 0 spiro atoms. The van der Waals surface area contributed by atoms with Crippen LogP contribution in [0.5, 0.6) is 0 Å². The van der Waals surface area contributed by atoms with Gasteiger partial charge in [-0.2, -0.15) is 0 Å². The highest BCUT2D eigenvalue weighted by atomic mass is 79.9. The molecule has 0 aromatic rings. The maximum Gasteiger partial charge on any atom is 0.222 e. The van der Waals surface area contributed by atoms with Crippen LogP contribution in [0, 0.1) is 5.92 Å². The third kappa shape index (κ3) is 4.77. The molecule has 0 saturated heterocycles. The molecule has 2 aliphatic rings. The van der Waals surface area contributed by atoms with Crippen LogP contribution in [0.1, 0.15) is 70.6 Å². The first kappa shape index (κ1) is 15.3. The Morgan fingerprint density at radius 1 is 1.00 bits per heavy atom. The largest absolute Gasteiger partial charge is 0.339 e. The van der Waals surface area contributed by atoms with Crippen molar-refractivity contribution in [3.05, 3.63) is 0 Å². The molecule has 2 nitrogen and oxygen atoms in total. The van der Waals surface area contributed by atoms with Gasteiger partial charge in [-0.05, 0) is 25.2 Å². The predicted molar refractivity (Wildman–Crippen MR) is 83.6 cm³/mol. The number of halogens is 1. The van der Waals surface area contributed by atoms with Crippen LogP contribution >= 0.6 is 15.9 Å². The fraction of sp³-hybridized carbons (Fsp3) is 0.938. The first-order valence-corrected chi connectivity index (χ1v) is 9.29. The second-order valence-corrected chi connectivity index (χ2v) is 7.05. The zero-order valence-corrected chi connectivity index (χ0v) is 13.7. The van der Waals surface area contributed by atoms with Gasteiger partial charge in [0.05, 0.1) is 0 Å². The van der Waals surface area contributed by atoms with Gasteiger partial charge in [-0.15, -0.1) is 0 Å². The van der Waals surface area contributed by atoms with Gasteiger partial charge in [-0.1, -0.05) is 60.9 Å². The zero-order valence-electron chi connectivity index (χ0n) is 12.1. The highest BCUT2D eigenvalue weighted by Crippen LogP contribution is 2.29. The lowest BCUT2D eigenvalue weighted by Crippen LogP contribution is -2.40. The molecule has 3 heteroatoms. The highest BCUT2D eigenvalue weighted by molar-refractivity contribution is 9.09. The third-order valence-electron chi connectivity index (χ3n) is 4.90. The number of alkyl halides is 1. The summed E-state index contributed by atoms with van der Waals surface area (Å²) < 4.78 is 0. The van der Waals surface area contributed by atoms with Gasteiger partial charge in [0.15, 0.2) is 0 Å². The van der Waals surface area contributed by atoms with E-state index in [2.05, 4.69) is 20.8 Å². The fourth-order valence-corrected chi connectivity index (χ4v) is 4.15. The Morgan fingerprint density at radius 2 is 1.63 bits per heavy atom. The Labute approximate surface area is 126 Å². The summed E-state index contributed by atoms with van der Waals surface area (Å²) in [6.07, 6.45) is 13.9. The summed E-state index contributed by atoms with van der Waals surface area (Å²) in [5.74, 6) is 1.24. The molecular formula is C16H28BrNO. The van der Waals surface area contributed by atoms with Gasteiger partial charge in [0.25, 0.3) is 0 Å². The molecule has 0 atom stereocenters. The lowest BCUT2D eigenvalue weighted by molar-refractivity contribution is -0.133. The van der Waals surface area contributed by atoms with Gasteiger partial charge >= 0.3 is 0 Å². The van der Waals surface area contributed by atoms with Crippen LogP contribution < -0.4 is 0 Å². The number of carbonyl (C=O) groups is 1. The van der Waals surface area contributed by atoms with Gasteiger partial charge in [0.1, 0.15) is 0 Å². The second kappa shape index (κ2) is 8.28. The standard InChI is InChI=1S/C16H28BrNO/c17-12-13-18(15-8-4-5-9-15)16(19)11-10-14-6-2-1-3-7-14/h14-15H,1-13H2. The van der Waals surface area contributed by atoms with Gasteiger partial charge in [0.2, 0.25) is 5.91 Å². The smallest absolute Gasteiger partial charge is 0.222 e. The van der Waals surface area contributed by atoms with E-state index >= 15 is 0 Å². The van der Waals surface area contributed by atoms with Crippen LogP contribution in [-0.2, 0) is 4.79 Å². The lowest BCUT2D eigenvalue weighted by Gasteiger charge is -2.29. The molecule has 0 radical (unpaired) electrons. The third-order valence-corrected chi connectivity index (χ3v) is 5.26. The molecule has 19 heavy (non-hydrogen) atoms. The molecular weight excluding hydrogens is 302 g/mol. The average molecular weight is 330 g/mol. The summed E-state index contributed by atoms with van der Waals surface area (Å²) in [7, 11) is 0. The van der Waals surface area contributed by atoms with E-state index < -0.39 is 0 Å². The molecule has 0 unspecified atom stereocenters. The molecule has 0 aromatic carbocycles. The van der Waals surface area contributed by atoms with E-state index in [4.69, 9.17) is 0 Å². The van der Waals surface area contributed by atoms with E-state index in [0.717, 1.165) is 30.6 Å². The van der Waals surface area contributed by atoms with Crippen molar-refractivity contribution in [2.45, 2.75) is 76.7 Å². The highest BCUT2D eigenvalue weighted by Gasteiger charge is 2.26. The summed E-state index contributed by atoms with van der Waals surface area (Å²) in [6.45, 7) is 0.897. The number of hydrogen-bond acceptors (Lipinski definition) is 1. The van der Waals surface area contributed by atoms with Crippen molar-refractivity contribution >= 4 is 21.8 Å². The molecule has 1 amide bonds. The van der Waals surface area contributed by atoms with Crippen LogP contribution in [0.3, 0.4) is 0 Å². The van der Waals surface area contributed by atoms with Crippen molar-refractivity contribution in [1.29, 1.82) is 0 Å². The Kier molecular flexibility index (Phi) is 6.69. The summed E-state index contributed by atoms with van der Waals surface area (Å²) in [5, 5.41) is 0.915. The fourth-order valence-electron chi connectivity index (χ4n) is 3.76. The van der Waals surface area contributed by atoms with Crippen LogP contribution in [0.25, 0.3) is 0 Å². The van der Waals surface area contributed by atoms with Crippen molar-refractivity contribution in [1.82, 2.24) is 4.90 Å². The summed E-state index contributed by atoms with van der Waals surface area (Å²) in [5.41, 5.74) is 0. The monoisotopic (exact) mass is 329 g/mol. The van der Waals surface area contributed by atoms with Crippen LogP contribution in [-0.4, -0.2) is 28.7 Å². The maximum atomic E-state index is 12.5. The van der Waals surface area contributed by atoms with Crippen molar-refractivity contribution in [2.75, 3.05) is 11.9 Å². The second-order valence-electron chi connectivity index (χ2n) is 6.26. The van der Waals surface area contributed by atoms with E-state index in [9.17, 15) is 4.79 Å². The topological polar surface area (TPSA) is 20.3 Å². The van der Waals surface area contributed by atoms with Crippen molar-refractivity contribution in [3.63, 3.8) is 0 Å². The maximum absolute atomic E-state index is 12.5. The number of nitrogens with zero attached hydrogens (tertiary/aromatic N) is 1. The van der Waals surface area contributed by atoms with Crippen molar-refractivity contribution < 1.29 is 4.79 Å². The minimum Gasteiger partial charge on any atom is -0.339 e. The first-order valence-electron chi connectivity index (χ1n) is 8.16. The number of rotatable bonds is 6. The summed E-state index contributed by atoms with van der Waals surface area (Å²) >= 11 is 3.50. The minimum atomic E-state index is 0.414. The molecule has 110 valence electrons. The van der Waals surface area contributed by atoms with E-state index in [-0.39, 0.29) is 0 Å². The van der Waals surface area contributed by atoms with Crippen LogP contribution in [0.15, 0.2) is 0 Å². The van der Waals surface area contributed by atoms with Gasteiger partial charge < -0.3 is 4.90 Å². The van der Waals surface area contributed by atoms with Crippen molar-refractivity contribution in [2.24, 2.45) is 5.92 Å². The van der Waals surface area contributed by atoms with Crippen molar-refractivity contribution in [3.8, 4) is 0 Å². The average Bonchev–Trinajstić information content (AvgIpc) is 2.97. The minimum absolute atomic E-state index is 0.414. The van der Waals surface area contributed by atoms with E-state index in [1.165, 1.54) is 57.8 Å². The number of amides is 1. The molecule has 0 N–H and O–H groups in total. The summed E-state index contributed by atoms with van der Waals surface area (Å²) in [6, 6.07) is 0.538. The van der Waals surface area contributed by atoms with Crippen LogP contribution in [0.4, 0.5) is 0 Å². The first-order chi connectivity index (χ1) is 9.31. The predicted octanol–water partition coefficient (Wildman–Crippen LogP) is 4.51. The van der Waals surface area contributed by atoms with Gasteiger partial charge in [-0.25, -0.2) is 0 Å². The molecule has 2 aliphatic carbocycles. The Morgan fingerprint density at radius 3 is 2.26 bits per heavy atom. The zero-order chi connectivity index (χ0) is 13.5. The van der Waals surface area contributed by atoms with E-state index in [0.29, 0.717) is 11.9 Å². The van der Waals surface area contributed by atoms with Crippen LogP contribution in [0.2, 0.25) is 0 Å². The Bertz CT molecular complexity index is 270. The van der Waals surface area contributed by atoms with E-state index in [1.54, 1.807) is 0 Å². The quantitative estimate of drug-likeness (QED) is 0.656. The molecule has 0 heterocycles. The number of carbonyl (C=O) groups excluding carboxylic acids is 1. The Hall–Kier alpha value is -0.0500. The SMILES string of the molecule is O=C(CCC1CCCCC1)N(CCBr)C1CCCC1. The van der Waals surface area contributed by atoms with Gasteiger partial charge in [-0.3, -0.25) is 4.79 Å². The lowest BCUT2D eigenvalue weighted by atomic mass is 9.86. The van der Waals surface area contributed by atoms with Gasteiger partial charge in [0, 0.05) is 24.3 Å². The van der Waals surface area contributed by atoms with E-state index in [1.807, 2.05) is 0 Å². The molecule has 0 aliphatic heterocycles. The summed E-state index contributed by atoms with van der Waals surface area (Å²) in [4.78, 5) is 14.6. The molecule has 2 rings (SSSR count). The molecule has 2 saturated carbocycles. The number of hydrogen-bond donors (Lipinski definition) is 0. The normalized spacial score (nSPS) is 21.7. The molecule has 0 aromatic heterocycles.